The van der Waals surface area contributed by atoms with Gasteiger partial charge in [0.1, 0.15) is 0 Å². The summed E-state index contributed by atoms with van der Waals surface area (Å²) < 4.78 is 19.1. The molecule has 0 unspecified atom stereocenters. The molecule has 3 nitrogen and oxygen atoms in total. The van der Waals surface area contributed by atoms with Crippen LogP contribution >= 0.6 is 0 Å². The first-order valence-electron chi connectivity index (χ1n) is 7.35. The van der Waals surface area contributed by atoms with Crippen molar-refractivity contribution < 1.29 is 13.9 Å². The number of para-hydroxylation sites is 1. The molecule has 0 bridgehead atoms. The summed E-state index contributed by atoms with van der Waals surface area (Å²) in [5.41, 5.74) is 2.17. The number of hydrogen-bond donors (Lipinski definition) is 1. The lowest BCUT2D eigenvalue weighted by Crippen LogP contribution is -2.37. The highest BCUT2D eigenvalue weighted by Gasteiger charge is 2.19. The summed E-state index contributed by atoms with van der Waals surface area (Å²) in [6, 6.07) is 13.9. The van der Waals surface area contributed by atoms with Gasteiger partial charge in [0.25, 0.3) is 5.91 Å². The van der Waals surface area contributed by atoms with E-state index in [1.807, 2.05) is 38.1 Å². The standard InChI is InChI=1S/C18H20FNO2/c1-3-16(22-17-11-7-6-10-15(17)19)18(21)20-12-14-9-5-4-8-13(14)2/h4-11,16H,3,12H2,1-2H3,(H,20,21)/t16-/m0/s1. The Labute approximate surface area is 130 Å². The minimum atomic E-state index is -0.707. The van der Waals surface area contributed by atoms with Gasteiger partial charge in [-0.25, -0.2) is 4.39 Å². The van der Waals surface area contributed by atoms with E-state index >= 15 is 0 Å². The molecule has 1 atom stereocenters. The van der Waals surface area contributed by atoms with Gasteiger partial charge in [0, 0.05) is 6.54 Å². The Hall–Kier alpha value is -2.36. The summed E-state index contributed by atoms with van der Waals surface area (Å²) in [5.74, 6) is -0.609. The fraction of sp³-hybridized carbons (Fsp3) is 0.278. The molecule has 0 heterocycles. The predicted molar refractivity (Wildman–Crippen MR) is 84.1 cm³/mol. The first-order valence-corrected chi connectivity index (χ1v) is 7.35. The Morgan fingerprint density at radius 2 is 1.86 bits per heavy atom. The number of amides is 1. The number of carbonyl (C=O) groups is 1. The molecule has 2 aromatic carbocycles. The maximum Gasteiger partial charge on any atom is 0.261 e. The fourth-order valence-electron chi connectivity index (χ4n) is 2.12. The van der Waals surface area contributed by atoms with Crippen LogP contribution in [-0.4, -0.2) is 12.0 Å². The van der Waals surface area contributed by atoms with Gasteiger partial charge in [-0.1, -0.05) is 43.3 Å². The van der Waals surface area contributed by atoms with E-state index in [0.717, 1.165) is 11.1 Å². The number of halogens is 1. The van der Waals surface area contributed by atoms with Gasteiger partial charge in [-0.05, 0) is 36.6 Å². The molecule has 1 N–H and O–H groups in total. The molecule has 0 radical (unpaired) electrons. The summed E-state index contributed by atoms with van der Waals surface area (Å²) >= 11 is 0. The monoisotopic (exact) mass is 301 g/mol. The van der Waals surface area contributed by atoms with Crippen LogP contribution in [0.15, 0.2) is 48.5 Å². The van der Waals surface area contributed by atoms with Crippen molar-refractivity contribution in [3.63, 3.8) is 0 Å². The van der Waals surface area contributed by atoms with Crippen LogP contribution in [0.3, 0.4) is 0 Å². The van der Waals surface area contributed by atoms with Crippen molar-refractivity contribution in [1.29, 1.82) is 0 Å². The van der Waals surface area contributed by atoms with Crippen LogP contribution < -0.4 is 10.1 Å². The molecule has 2 aromatic rings. The van der Waals surface area contributed by atoms with Crippen molar-refractivity contribution in [3.05, 3.63) is 65.5 Å². The molecule has 0 aromatic heterocycles. The second kappa shape index (κ2) is 7.59. The molecule has 0 fully saturated rings. The quantitative estimate of drug-likeness (QED) is 0.885. The summed E-state index contributed by atoms with van der Waals surface area (Å²) in [6.07, 6.45) is -0.241. The van der Waals surface area contributed by atoms with Gasteiger partial charge in [-0.15, -0.1) is 0 Å². The second-order valence-corrected chi connectivity index (χ2v) is 5.09. The van der Waals surface area contributed by atoms with Gasteiger partial charge in [0.2, 0.25) is 0 Å². The zero-order valence-corrected chi connectivity index (χ0v) is 12.8. The number of carbonyl (C=O) groups excluding carboxylic acids is 1. The van der Waals surface area contributed by atoms with Crippen molar-refractivity contribution in [1.82, 2.24) is 5.32 Å². The van der Waals surface area contributed by atoms with Crippen LogP contribution in [0.2, 0.25) is 0 Å². The fourth-order valence-corrected chi connectivity index (χ4v) is 2.12. The first-order chi connectivity index (χ1) is 10.6. The van der Waals surface area contributed by atoms with E-state index in [0.29, 0.717) is 13.0 Å². The maximum atomic E-state index is 13.6. The minimum Gasteiger partial charge on any atom is -0.478 e. The molecule has 116 valence electrons. The smallest absolute Gasteiger partial charge is 0.261 e. The largest absolute Gasteiger partial charge is 0.478 e. The number of benzene rings is 2. The van der Waals surface area contributed by atoms with Crippen molar-refractivity contribution in [2.45, 2.75) is 32.9 Å². The minimum absolute atomic E-state index is 0.0976. The molecule has 4 heteroatoms. The molecular formula is C18H20FNO2. The third kappa shape index (κ3) is 4.07. The molecule has 0 aliphatic rings. The third-order valence-electron chi connectivity index (χ3n) is 3.48. The van der Waals surface area contributed by atoms with Crippen LogP contribution in [0.1, 0.15) is 24.5 Å². The van der Waals surface area contributed by atoms with Crippen LogP contribution in [0.5, 0.6) is 5.75 Å². The maximum absolute atomic E-state index is 13.6. The van der Waals surface area contributed by atoms with Gasteiger partial charge in [0.05, 0.1) is 0 Å². The summed E-state index contributed by atoms with van der Waals surface area (Å²) in [6.45, 7) is 4.26. The van der Waals surface area contributed by atoms with Crippen LogP contribution in [-0.2, 0) is 11.3 Å². The third-order valence-corrected chi connectivity index (χ3v) is 3.48. The number of aryl methyl sites for hydroxylation is 1. The lowest BCUT2D eigenvalue weighted by atomic mass is 10.1. The van der Waals surface area contributed by atoms with Crippen molar-refractivity contribution >= 4 is 5.91 Å². The van der Waals surface area contributed by atoms with E-state index in [1.54, 1.807) is 12.1 Å². The second-order valence-electron chi connectivity index (χ2n) is 5.09. The van der Waals surface area contributed by atoms with E-state index < -0.39 is 11.9 Å². The van der Waals surface area contributed by atoms with Crippen molar-refractivity contribution in [2.75, 3.05) is 0 Å². The summed E-state index contributed by atoms with van der Waals surface area (Å²) in [5, 5.41) is 2.84. The molecular weight excluding hydrogens is 281 g/mol. The Morgan fingerprint density at radius 1 is 1.18 bits per heavy atom. The van der Waals surface area contributed by atoms with Crippen molar-refractivity contribution in [2.24, 2.45) is 0 Å². The zero-order chi connectivity index (χ0) is 15.9. The van der Waals surface area contributed by atoms with E-state index in [9.17, 15) is 9.18 Å². The SMILES string of the molecule is CC[C@H](Oc1ccccc1F)C(=O)NCc1ccccc1C. The zero-order valence-electron chi connectivity index (χ0n) is 12.8. The summed E-state index contributed by atoms with van der Waals surface area (Å²) in [4.78, 5) is 12.2. The Morgan fingerprint density at radius 3 is 2.55 bits per heavy atom. The highest BCUT2D eigenvalue weighted by Crippen LogP contribution is 2.18. The van der Waals surface area contributed by atoms with Gasteiger partial charge >= 0.3 is 0 Å². The molecule has 0 aliphatic carbocycles. The van der Waals surface area contributed by atoms with Gasteiger partial charge < -0.3 is 10.1 Å². The lowest BCUT2D eigenvalue weighted by molar-refractivity contribution is -0.128. The van der Waals surface area contributed by atoms with Gasteiger partial charge in [0.15, 0.2) is 17.7 Å². The van der Waals surface area contributed by atoms with Crippen LogP contribution in [0.25, 0.3) is 0 Å². The Kier molecular flexibility index (Phi) is 5.53. The molecule has 0 saturated heterocycles. The average molecular weight is 301 g/mol. The molecule has 0 spiro atoms. The average Bonchev–Trinajstić information content (AvgIpc) is 2.53. The van der Waals surface area contributed by atoms with Crippen molar-refractivity contribution in [3.8, 4) is 5.75 Å². The highest BCUT2D eigenvalue weighted by atomic mass is 19.1. The topological polar surface area (TPSA) is 38.3 Å². The Bertz CT molecular complexity index is 642. The molecule has 1 amide bonds. The normalized spacial score (nSPS) is 11.8. The molecule has 0 aliphatic heterocycles. The number of ether oxygens (including phenoxy) is 1. The van der Waals surface area contributed by atoms with E-state index in [2.05, 4.69) is 5.32 Å². The predicted octanol–water partition coefficient (Wildman–Crippen LogP) is 3.61. The first kappa shape index (κ1) is 16.0. The van der Waals surface area contributed by atoms with E-state index in [4.69, 9.17) is 4.74 Å². The number of rotatable bonds is 6. The Balaban J connectivity index is 1.98. The molecule has 0 saturated carbocycles. The highest BCUT2D eigenvalue weighted by molar-refractivity contribution is 5.81. The van der Waals surface area contributed by atoms with E-state index in [1.165, 1.54) is 12.1 Å². The van der Waals surface area contributed by atoms with Gasteiger partial charge in [-0.3, -0.25) is 4.79 Å². The summed E-state index contributed by atoms with van der Waals surface area (Å²) in [7, 11) is 0. The van der Waals surface area contributed by atoms with Gasteiger partial charge in [-0.2, -0.15) is 0 Å². The van der Waals surface area contributed by atoms with E-state index in [-0.39, 0.29) is 11.7 Å². The van der Waals surface area contributed by atoms with Crippen LogP contribution in [0.4, 0.5) is 4.39 Å². The van der Waals surface area contributed by atoms with Crippen LogP contribution in [0, 0.1) is 12.7 Å². The number of nitrogens with one attached hydrogen (secondary N) is 1. The molecule has 22 heavy (non-hydrogen) atoms. The lowest BCUT2D eigenvalue weighted by Gasteiger charge is -2.18. The molecule has 2 rings (SSSR count). The number of hydrogen-bond acceptors (Lipinski definition) is 2.